The molecule has 0 saturated carbocycles. The summed E-state index contributed by atoms with van der Waals surface area (Å²) >= 11 is 0. The van der Waals surface area contributed by atoms with E-state index < -0.39 is 57.8 Å². The molecule has 430 valence electrons. The van der Waals surface area contributed by atoms with Gasteiger partial charge in [-0.1, -0.05) is 236 Å². The van der Waals surface area contributed by atoms with Crippen molar-refractivity contribution < 1.29 is 52.2 Å². The normalized spacial score (nSPS) is 13.7. The molecule has 3 atom stereocenters. The van der Waals surface area contributed by atoms with Gasteiger partial charge < -0.3 is 24.2 Å². The Labute approximate surface area is 453 Å². The molecule has 12 heteroatoms. The maximum absolute atomic E-state index is 12.9. The number of phosphoric ester groups is 1. The first-order chi connectivity index (χ1) is 36.2. The van der Waals surface area contributed by atoms with Gasteiger partial charge in [0.05, 0.1) is 19.8 Å². The highest BCUT2D eigenvalue weighted by molar-refractivity contribution is 7.47. The fourth-order valence-corrected chi connectivity index (χ4v) is 9.13. The lowest BCUT2D eigenvalue weighted by atomic mass is 10.0. The molecule has 0 aromatic heterocycles. The first-order valence-corrected chi connectivity index (χ1v) is 31.7. The predicted molar refractivity (Wildman–Crippen MR) is 307 cm³/mol. The molecule has 11 nitrogen and oxygen atoms in total. The number of allylic oxidation sites excluding steroid dienone is 10. The van der Waals surface area contributed by atoms with Crippen molar-refractivity contribution in [2.24, 2.45) is 0 Å². The predicted octanol–water partition coefficient (Wildman–Crippen LogP) is 17.9. The summed E-state index contributed by atoms with van der Waals surface area (Å²) in [6.07, 6.45) is 61.8. The quantitative estimate of drug-likeness (QED) is 0.0197. The molecule has 0 bridgehead atoms. The Balaban J connectivity index is 4.73. The SMILES string of the molecule is CC/C=C\C/C=C\C/C=C\CCCCCC(=O)OC(CO)COP(=O)(O)OCC(COC(=O)CCCCCCCCCCCCCCCCCCC)OC(=O)CCCCCCCCC/C=C\C/C=C\CCCCC. The lowest BCUT2D eigenvalue weighted by molar-refractivity contribution is -0.161. The van der Waals surface area contributed by atoms with Gasteiger partial charge in [-0.15, -0.1) is 0 Å². The molecular weight excluding hydrogens is 952 g/mol. The lowest BCUT2D eigenvalue weighted by Gasteiger charge is -2.21. The first-order valence-electron chi connectivity index (χ1n) is 30.2. The zero-order valence-electron chi connectivity index (χ0n) is 47.6. The second-order valence-electron chi connectivity index (χ2n) is 20.1. The number of carbonyl (C=O) groups excluding carboxylic acids is 3. The van der Waals surface area contributed by atoms with Gasteiger partial charge in [0, 0.05) is 19.3 Å². The van der Waals surface area contributed by atoms with Crippen molar-refractivity contribution in [3.63, 3.8) is 0 Å². The van der Waals surface area contributed by atoms with Crippen molar-refractivity contribution in [2.45, 2.75) is 290 Å². The van der Waals surface area contributed by atoms with Crippen molar-refractivity contribution >= 4 is 25.7 Å². The Kier molecular flexibility index (Phi) is 54.2. The number of rotatable bonds is 56. The van der Waals surface area contributed by atoms with Crippen LogP contribution in [0.4, 0.5) is 0 Å². The van der Waals surface area contributed by atoms with E-state index in [4.69, 9.17) is 23.3 Å². The van der Waals surface area contributed by atoms with Crippen LogP contribution in [0.25, 0.3) is 0 Å². The summed E-state index contributed by atoms with van der Waals surface area (Å²) < 4.78 is 39.5. The van der Waals surface area contributed by atoms with Crippen molar-refractivity contribution in [1.82, 2.24) is 0 Å². The summed E-state index contributed by atoms with van der Waals surface area (Å²) in [7, 11) is -4.76. The summed E-state index contributed by atoms with van der Waals surface area (Å²) in [5.74, 6) is -1.49. The zero-order valence-corrected chi connectivity index (χ0v) is 48.5. The van der Waals surface area contributed by atoms with Gasteiger partial charge in [-0.05, 0) is 83.5 Å². The molecule has 0 fully saturated rings. The van der Waals surface area contributed by atoms with E-state index in [0.29, 0.717) is 19.3 Å². The van der Waals surface area contributed by atoms with Crippen LogP contribution < -0.4 is 0 Å². The van der Waals surface area contributed by atoms with Gasteiger partial charge in [0.25, 0.3) is 0 Å². The Hall–Kier alpha value is -2.82. The van der Waals surface area contributed by atoms with Crippen molar-refractivity contribution in [3.8, 4) is 0 Å². The molecule has 0 spiro atoms. The number of hydrogen-bond acceptors (Lipinski definition) is 10. The molecule has 3 unspecified atom stereocenters. The molecule has 2 N–H and O–H groups in total. The molecule has 0 aromatic carbocycles. The van der Waals surface area contributed by atoms with Gasteiger partial charge in [-0.3, -0.25) is 23.4 Å². The van der Waals surface area contributed by atoms with Crippen molar-refractivity contribution in [2.75, 3.05) is 26.4 Å². The maximum atomic E-state index is 12.9. The number of carbonyl (C=O) groups is 3. The average molecular weight is 1060 g/mol. The van der Waals surface area contributed by atoms with E-state index in [1.165, 1.54) is 122 Å². The first kappa shape index (κ1) is 71.2. The summed E-state index contributed by atoms with van der Waals surface area (Å²) in [4.78, 5) is 48.6. The number of aliphatic hydroxyl groups excluding tert-OH is 1. The average Bonchev–Trinajstić information content (AvgIpc) is 3.39. The van der Waals surface area contributed by atoms with Crippen molar-refractivity contribution in [3.05, 3.63) is 60.8 Å². The minimum absolute atomic E-state index is 0.142. The van der Waals surface area contributed by atoms with E-state index in [1.807, 2.05) is 0 Å². The van der Waals surface area contributed by atoms with Crippen LogP contribution in [-0.2, 0) is 42.2 Å². The second-order valence-corrected chi connectivity index (χ2v) is 21.6. The molecule has 0 aliphatic carbocycles. The number of esters is 3. The topological polar surface area (TPSA) is 155 Å². The number of unbranched alkanes of at least 4 members (excludes halogenated alkanes) is 29. The third-order valence-electron chi connectivity index (χ3n) is 12.9. The van der Waals surface area contributed by atoms with E-state index in [9.17, 15) is 28.9 Å². The van der Waals surface area contributed by atoms with Gasteiger partial charge in [0.2, 0.25) is 0 Å². The van der Waals surface area contributed by atoms with E-state index in [-0.39, 0.29) is 25.9 Å². The van der Waals surface area contributed by atoms with Crippen LogP contribution in [0.3, 0.4) is 0 Å². The molecule has 0 aliphatic heterocycles. The molecule has 0 aromatic rings. The standard InChI is InChI=1S/C62H111O11P/c1-4-7-10-13-16-19-22-25-27-29-31-34-36-39-42-45-48-51-60(64)69-55-59(73-62(66)53-50-47-44-41-38-35-32-30-28-26-23-20-17-14-11-8-5-2)57-71-74(67,68)70-56-58(54-63)72-61(65)52-49-46-43-40-37-33-24-21-18-15-12-9-6-3/h9,12,17-18,20-21,26,28,33,37,58-59,63H,4-8,10-11,13-16,19,22-25,27,29-32,34-36,38-57H2,1-3H3,(H,67,68)/b12-9-,20-17-,21-18-,28-26-,37-33-. The number of hydrogen-bond donors (Lipinski definition) is 2. The third kappa shape index (κ3) is 54.0. The monoisotopic (exact) mass is 1060 g/mol. The maximum Gasteiger partial charge on any atom is 0.472 e. The van der Waals surface area contributed by atoms with Crippen LogP contribution in [0.1, 0.15) is 278 Å². The Bertz CT molecular complexity index is 1470. The van der Waals surface area contributed by atoms with E-state index in [2.05, 4.69) is 81.5 Å². The minimum Gasteiger partial charge on any atom is -0.462 e. The van der Waals surface area contributed by atoms with Gasteiger partial charge >= 0.3 is 25.7 Å². The fourth-order valence-electron chi connectivity index (χ4n) is 8.34. The van der Waals surface area contributed by atoms with Crippen LogP contribution in [0, 0.1) is 0 Å². The Morgan fingerprint density at radius 3 is 1.12 bits per heavy atom. The summed E-state index contributed by atoms with van der Waals surface area (Å²) in [5, 5.41) is 9.81. The van der Waals surface area contributed by atoms with Crippen LogP contribution in [-0.4, -0.2) is 66.5 Å². The smallest absolute Gasteiger partial charge is 0.462 e. The van der Waals surface area contributed by atoms with Crippen LogP contribution >= 0.6 is 7.82 Å². The van der Waals surface area contributed by atoms with Crippen molar-refractivity contribution in [1.29, 1.82) is 0 Å². The second kappa shape index (κ2) is 56.4. The fraction of sp³-hybridized carbons (Fsp3) is 0.790. The highest BCUT2D eigenvalue weighted by Gasteiger charge is 2.28. The van der Waals surface area contributed by atoms with Crippen LogP contribution in [0.2, 0.25) is 0 Å². The number of ether oxygens (including phenoxy) is 3. The molecule has 74 heavy (non-hydrogen) atoms. The molecule has 0 radical (unpaired) electrons. The number of phosphoric acid groups is 1. The van der Waals surface area contributed by atoms with E-state index >= 15 is 0 Å². The molecule has 0 aliphatic rings. The summed E-state index contributed by atoms with van der Waals surface area (Å²) in [5.41, 5.74) is 0. The van der Waals surface area contributed by atoms with Gasteiger partial charge in [0.15, 0.2) is 6.10 Å². The molecule has 0 saturated heterocycles. The third-order valence-corrected chi connectivity index (χ3v) is 13.9. The van der Waals surface area contributed by atoms with Gasteiger partial charge in [-0.2, -0.15) is 0 Å². The Morgan fingerprint density at radius 2 is 0.703 bits per heavy atom. The van der Waals surface area contributed by atoms with E-state index in [1.54, 1.807) is 0 Å². The number of aliphatic hydroxyl groups is 1. The molecule has 0 heterocycles. The van der Waals surface area contributed by atoms with E-state index in [0.717, 1.165) is 96.3 Å². The molecule has 0 amide bonds. The highest BCUT2D eigenvalue weighted by Crippen LogP contribution is 2.43. The highest BCUT2D eigenvalue weighted by atomic mass is 31.2. The molecular formula is C62H111O11P. The van der Waals surface area contributed by atoms with Gasteiger partial charge in [-0.25, -0.2) is 4.57 Å². The zero-order chi connectivity index (χ0) is 54.1. The Morgan fingerprint density at radius 1 is 0.392 bits per heavy atom. The van der Waals surface area contributed by atoms with Crippen LogP contribution in [0.5, 0.6) is 0 Å². The minimum atomic E-state index is -4.76. The van der Waals surface area contributed by atoms with Gasteiger partial charge in [0.1, 0.15) is 12.7 Å². The summed E-state index contributed by atoms with van der Waals surface area (Å²) in [6, 6.07) is 0. The molecule has 0 rings (SSSR count). The lowest BCUT2D eigenvalue weighted by Crippen LogP contribution is -2.30. The summed E-state index contributed by atoms with van der Waals surface area (Å²) in [6.45, 7) is 4.50. The van der Waals surface area contributed by atoms with Crippen LogP contribution in [0.15, 0.2) is 60.8 Å². The largest absolute Gasteiger partial charge is 0.472 e.